The second-order valence-electron chi connectivity index (χ2n) is 10.4. The Hall–Kier alpha value is -4.14. The highest BCUT2D eigenvalue weighted by atomic mass is 127. The summed E-state index contributed by atoms with van der Waals surface area (Å²) in [5.74, 6) is 0.207. The molecule has 0 bridgehead atoms. The summed E-state index contributed by atoms with van der Waals surface area (Å²) < 4.78 is 30.4. The fraction of sp³-hybridized carbons (Fsp3) is 0.257. The van der Waals surface area contributed by atoms with E-state index in [9.17, 15) is 14.4 Å². The monoisotopic (exact) mass is 802 g/mol. The van der Waals surface area contributed by atoms with Crippen LogP contribution in [0.1, 0.15) is 43.5 Å². The number of allylic oxidation sites excluding steroid dienone is 1. The topological polar surface area (TPSA) is 115 Å². The molecule has 13 heteroatoms. The van der Waals surface area contributed by atoms with Gasteiger partial charge in [0.05, 0.1) is 45.7 Å². The first kappa shape index (κ1) is 35.2. The molecule has 0 spiro atoms. The zero-order valence-corrected chi connectivity index (χ0v) is 30.3. The number of methoxy groups -OCH3 is 1. The standard InChI is InChI=1S/C35H32ClIN2O8S/c1-5-44-28-17-22(12-14-27(28)47-19-30(40)43-4)32-31(34(42)45-6-2)20(3)38-35-39(32)33(41)29(48-35)16-21-11-13-26(25(37)15-21)46-18-23-9-7-8-10-24(23)36/h7-17,32H,5-6,18-19H2,1-4H3/b29-16-/t32-/m1/s1. The molecular weight excluding hydrogens is 771 g/mol. The number of esters is 2. The third kappa shape index (κ3) is 7.77. The van der Waals surface area contributed by atoms with Crippen molar-refractivity contribution in [2.45, 2.75) is 33.4 Å². The summed E-state index contributed by atoms with van der Waals surface area (Å²) in [5.41, 5.74) is 2.59. The Bertz CT molecular complexity index is 2070. The smallest absolute Gasteiger partial charge is 0.343 e. The average Bonchev–Trinajstić information content (AvgIpc) is 3.37. The molecule has 250 valence electrons. The molecule has 3 aromatic carbocycles. The van der Waals surface area contributed by atoms with Crippen molar-refractivity contribution in [3.63, 3.8) is 0 Å². The van der Waals surface area contributed by atoms with Crippen LogP contribution in [-0.2, 0) is 25.7 Å². The molecule has 1 atom stereocenters. The molecular formula is C35H32ClIN2O8S. The highest BCUT2D eigenvalue weighted by molar-refractivity contribution is 14.1. The molecule has 4 aromatic rings. The predicted molar refractivity (Wildman–Crippen MR) is 190 cm³/mol. The van der Waals surface area contributed by atoms with Gasteiger partial charge in [-0.25, -0.2) is 14.6 Å². The minimum absolute atomic E-state index is 0.147. The molecule has 5 rings (SSSR count). The summed E-state index contributed by atoms with van der Waals surface area (Å²) in [5, 5.41) is 0.635. The molecule has 0 saturated carbocycles. The average molecular weight is 803 g/mol. The van der Waals surface area contributed by atoms with Gasteiger partial charge in [-0.3, -0.25) is 9.36 Å². The summed E-state index contributed by atoms with van der Waals surface area (Å²) >= 11 is 9.70. The van der Waals surface area contributed by atoms with E-state index in [-0.39, 0.29) is 24.3 Å². The third-order valence-corrected chi connectivity index (χ3v) is 9.46. The third-order valence-electron chi connectivity index (χ3n) is 7.27. The first-order valence-corrected chi connectivity index (χ1v) is 17.2. The van der Waals surface area contributed by atoms with Crippen molar-refractivity contribution in [3.05, 3.63) is 117 Å². The van der Waals surface area contributed by atoms with Crippen LogP contribution in [0.5, 0.6) is 17.2 Å². The van der Waals surface area contributed by atoms with E-state index >= 15 is 0 Å². The Labute approximate surface area is 299 Å². The zero-order valence-electron chi connectivity index (χ0n) is 26.6. The number of rotatable bonds is 12. The van der Waals surface area contributed by atoms with E-state index in [4.69, 9.17) is 30.5 Å². The van der Waals surface area contributed by atoms with Gasteiger partial charge in [0, 0.05) is 10.6 Å². The van der Waals surface area contributed by atoms with Gasteiger partial charge in [0.1, 0.15) is 12.4 Å². The number of hydrogen-bond donors (Lipinski definition) is 0. The summed E-state index contributed by atoms with van der Waals surface area (Å²) in [6.07, 6.45) is 1.79. The van der Waals surface area contributed by atoms with Gasteiger partial charge in [0.2, 0.25) is 0 Å². The number of halogens is 2. The van der Waals surface area contributed by atoms with Crippen LogP contribution in [0.4, 0.5) is 0 Å². The Morgan fingerprint density at radius 1 is 1.00 bits per heavy atom. The Morgan fingerprint density at radius 3 is 2.48 bits per heavy atom. The number of thiazole rings is 1. The van der Waals surface area contributed by atoms with Crippen LogP contribution >= 0.6 is 45.5 Å². The van der Waals surface area contributed by atoms with Gasteiger partial charge in [-0.1, -0.05) is 53.3 Å². The number of hydrogen-bond acceptors (Lipinski definition) is 10. The molecule has 0 amide bonds. The van der Waals surface area contributed by atoms with E-state index in [1.165, 1.54) is 23.0 Å². The van der Waals surface area contributed by atoms with Crippen molar-refractivity contribution in [1.82, 2.24) is 4.57 Å². The summed E-state index contributed by atoms with van der Waals surface area (Å²) in [7, 11) is 1.27. The van der Waals surface area contributed by atoms with Crippen molar-refractivity contribution in [1.29, 1.82) is 0 Å². The van der Waals surface area contributed by atoms with Crippen LogP contribution in [0.25, 0.3) is 6.08 Å². The highest BCUT2D eigenvalue weighted by Gasteiger charge is 2.34. The van der Waals surface area contributed by atoms with Crippen molar-refractivity contribution in [2.24, 2.45) is 4.99 Å². The van der Waals surface area contributed by atoms with Gasteiger partial charge in [0.15, 0.2) is 22.9 Å². The second-order valence-corrected chi connectivity index (χ2v) is 13.0. The maximum atomic E-state index is 14.1. The van der Waals surface area contributed by atoms with Gasteiger partial charge in [-0.15, -0.1) is 0 Å². The first-order valence-electron chi connectivity index (χ1n) is 15.0. The van der Waals surface area contributed by atoms with E-state index in [0.29, 0.717) is 56.1 Å². The maximum absolute atomic E-state index is 14.1. The normalized spacial score (nSPS) is 14.2. The number of ether oxygens (including phenoxy) is 5. The molecule has 0 unspecified atom stereocenters. The lowest BCUT2D eigenvalue weighted by Crippen LogP contribution is -2.40. The van der Waals surface area contributed by atoms with Gasteiger partial charge in [-0.2, -0.15) is 0 Å². The zero-order chi connectivity index (χ0) is 34.4. The molecule has 2 heterocycles. The number of carbonyl (C=O) groups excluding carboxylic acids is 2. The van der Waals surface area contributed by atoms with Gasteiger partial charge < -0.3 is 23.7 Å². The highest BCUT2D eigenvalue weighted by Crippen LogP contribution is 2.36. The molecule has 0 N–H and O–H groups in total. The molecule has 0 fully saturated rings. The SMILES string of the molecule is CCOC(=O)C1=C(C)N=c2s/c(=C\c3ccc(OCc4ccccc4Cl)c(I)c3)c(=O)n2[C@@H]1c1ccc(OCC(=O)OC)c(OCC)c1. The Kier molecular flexibility index (Phi) is 11.6. The van der Waals surface area contributed by atoms with E-state index in [1.54, 1.807) is 38.1 Å². The molecule has 48 heavy (non-hydrogen) atoms. The predicted octanol–water partition coefficient (Wildman–Crippen LogP) is 5.59. The van der Waals surface area contributed by atoms with Gasteiger partial charge >= 0.3 is 11.9 Å². The van der Waals surface area contributed by atoms with Crippen LogP contribution in [0.3, 0.4) is 0 Å². The van der Waals surface area contributed by atoms with E-state index in [2.05, 4.69) is 32.3 Å². The largest absolute Gasteiger partial charge is 0.490 e. The number of nitrogens with zero attached hydrogens (tertiary/aromatic N) is 2. The van der Waals surface area contributed by atoms with Crippen LogP contribution in [-0.4, -0.2) is 43.4 Å². The van der Waals surface area contributed by atoms with Crippen LogP contribution in [0, 0.1) is 3.57 Å². The summed E-state index contributed by atoms with van der Waals surface area (Å²) in [6, 6.07) is 17.3. The van der Waals surface area contributed by atoms with Crippen molar-refractivity contribution in [2.75, 3.05) is 26.9 Å². The Balaban J connectivity index is 1.55. The summed E-state index contributed by atoms with van der Waals surface area (Å²) in [4.78, 5) is 44.3. The molecule has 1 aromatic heterocycles. The molecule has 1 aliphatic heterocycles. The van der Waals surface area contributed by atoms with Gasteiger partial charge in [-0.05, 0) is 90.9 Å². The number of benzene rings is 3. The quantitative estimate of drug-likeness (QED) is 0.135. The first-order chi connectivity index (χ1) is 23.1. The maximum Gasteiger partial charge on any atom is 0.343 e. The van der Waals surface area contributed by atoms with E-state index < -0.39 is 18.0 Å². The lowest BCUT2D eigenvalue weighted by Gasteiger charge is -2.25. The fourth-order valence-corrected chi connectivity index (χ4v) is 6.96. The van der Waals surface area contributed by atoms with E-state index in [0.717, 1.165) is 14.7 Å². The van der Waals surface area contributed by atoms with Gasteiger partial charge in [0.25, 0.3) is 5.56 Å². The molecule has 0 saturated heterocycles. The number of carbonyl (C=O) groups is 2. The number of aromatic nitrogens is 1. The van der Waals surface area contributed by atoms with Crippen LogP contribution in [0.2, 0.25) is 5.02 Å². The second kappa shape index (κ2) is 15.8. The molecule has 1 aliphatic rings. The van der Waals surface area contributed by atoms with Crippen molar-refractivity contribution in [3.8, 4) is 17.2 Å². The number of fused-ring (bicyclic) bond motifs is 1. The minimum atomic E-state index is -0.864. The summed E-state index contributed by atoms with van der Waals surface area (Å²) in [6.45, 7) is 5.71. The lowest BCUT2D eigenvalue weighted by atomic mass is 9.95. The van der Waals surface area contributed by atoms with E-state index in [1.807, 2.05) is 49.4 Å². The lowest BCUT2D eigenvalue weighted by molar-refractivity contribution is -0.143. The molecule has 10 nitrogen and oxygen atoms in total. The van der Waals surface area contributed by atoms with Crippen molar-refractivity contribution >= 4 is 63.5 Å². The fourth-order valence-electron chi connectivity index (χ4n) is 5.03. The molecule has 0 radical (unpaired) electrons. The Morgan fingerprint density at radius 2 is 1.77 bits per heavy atom. The minimum Gasteiger partial charge on any atom is -0.490 e. The van der Waals surface area contributed by atoms with Crippen LogP contribution < -0.4 is 29.1 Å². The molecule has 0 aliphatic carbocycles. The van der Waals surface area contributed by atoms with Crippen molar-refractivity contribution < 1.29 is 33.3 Å². The van der Waals surface area contributed by atoms with Crippen LogP contribution in [0.15, 0.2) is 81.7 Å².